The van der Waals surface area contributed by atoms with Gasteiger partial charge < -0.3 is 10.1 Å². The molecule has 1 N–H and O–H groups in total. The van der Waals surface area contributed by atoms with Crippen LogP contribution in [-0.4, -0.2) is 30.3 Å². The summed E-state index contributed by atoms with van der Waals surface area (Å²) in [6, 6.07) is 23.8. The van der Waals surface area contributed by atoms with Gasteiger partial charge in [0.2, 0.25) is 11.8 Å². The van der Waals surface area contributed by atoms with Crippen LogP contribution in [0.3, 0.4) is 0 Å². The van der Waals surface area contributed by atoms with Crippen molar-refractivity contribution in [3.8, 4) is 0 Å². The average Bonchev–Trinajstić information content (AvgIpc) is 3.21. The van der Waals surface area contributed by atoms with E-state index in [-0.39, 0.29) is 35.1 Å². The van der Waals surface area contributed by atoms with Gasteiger partial charge in [0.15, 0.2) is 6.61 Å². The number of hydrogen-bond donors (Lipinski definition) is 1. The van der Waals surface area contributed by atoms with Crippen molar-refractivity contribution in [3.05, 3.63) is 95.6 Å². The van der Waals surface area contributed by atoms with Gasteiger partial charge in [0.05, 0.1) is 23.1 Å². The smallest absolute Gasteiger partial charge is 0.338 e. The fourth-order valence-electron chi connectivity index (χ4n) is 5.44. The molecule has 1 aliphatic heterocycles. The van der Waals surface area contributed by atoms with E-state index in [9.17, 15) is 19.2 Å². The van der Waals surface area contributed by atoms with Gasteiger partial charge >= 0.3 is 5.97 Å². The van der Waals surface area contributed by atoms with Crippen LogP contribution in [0.15, 0.2) is 78.9 Å². The van der Waals surface area contributed by atoms with Crippen LogP contribution in [0.5, 0.6) is 0 Å². The first-order valence-electron chi connectivity index (χ1n) is 13.0. The monoisotopic (exact) mass is 510 g/mol. The molecule has 1 saturated carbocycles. The maximum absolute atomic E-state index is 13.3. The van der Waals surface area contributed by atoms with Crippen LogP contribution in [0.4, 0.5) is 11.4 Å². The number of nitrogens with one attached hydrogen (secondary N) is 1. The number of fused-ring (bicyclic) bond motifs is 1. The Morgan fingerprint density at radius 3 is 2.24 bits per heavy atom. The molecule has 0 aromatic heterocycles. The zero-order valence-corrected chi connectivity index (χ0v) is 21.3. The summed E-state index contributed by atoms with van der Waals surface area (Å²) in [4.78, 5) is 52.3. The molecule has 0 radical (unpaired) electrons. The Morgan fingerprint density at radius 1 is 0.868 bits per heavy atom. The van der Waals surface area contributed by atoms with E-state index in [0.717, 1.165) is 18.4 Å². The van der Waals surface area contributed by atoms with Crippen LogP contribution < -0.4 is 10.2 Å². The summed E-state index contributed by atoms with van der Waals surface area (Å²) in [6.07, 6.45) is 3.12. The van der Waals surface area contributed by atoms with Crippen molar-refractivity contribution in [1.82, 2.24) is 0 Å². The number of ether oxygens (including phenoxy) is 1. The normalized spacial score (nSPS) is 20.7. The highest BCUT2D eigenvalue weighted by Gasteiger charge is 2.50. The standard InChI is InChI=1S/C31H30N2O5/c1-2-20-8-13-24(14-9-20)32-28(34)19-38-31(37)22-10-15-25(16-11-22)33-29(35)26-17-12-23(18-27(26)30(33)36)21-6-4-3-5-7-21/h3-11,13-16,23,26-27H,2,12,17-19H2,1H3,(H,32,34)/t23-,26+,27-/m0/s1. The number of benzene rings is 3. The predicted octanol–water partition coefficient (Wildman–Crippen LogP) is 5.12. The third kappa shape index (κ3) is 5.23. The number of amides is 3. The molecule has 2 fully saturated rings. The highest BCUT2D eigenvalue weighted by molar-refractivity contribution is 6.22. The average molecular weight is 511 g/mol. The highest BCUT2D eigenvalue weighted by Crippen LogP contribution is 2.45. The van der Waals surface area contributed by atoms with Crippen LogP contribution in [0, 0.1) is 11.8 Å². The molecule has 7 nitrogen and oxygen atoms in total. The number of esters is 1. The lowest BCUT2D eigenvalue weighted by atomic mass is 9.73. The number of imide groups is 1. The van der Waals surface area contributed by atoms with E-state index in [4.69, 9.17) is 4.74 Å². The van der Waals surface area contributed by atoms with Gasteiger partial charge in [-0.1, -0.05) is 49.4 Å². The second kappa shape index (κ2) is 11.0. The van der Waals surface area contributed by atoms with Crippen molar-refractivity contribution in [2.75, 3.05) is 16.8 Å². The number of aryl methyl sites for hydroxylation is 1. The van der Waals surface area contributed by atoms with Crippen molar-refractivity contribution in [1.29, 1.82) is 0 Å². The van der Waals surface area contributed by atoms with Gasteiger partial charge in [0.25, 0.3) is 5.91 Å². The molecule has 0 bridgehead atoms. The Bertz CT molecular complexity index is 1330. The van der Waals surface area contributed by atoms with Gasteiger partial charge in [-0.25, -0.2) is 4.79 Å². The van der Waals surface area contributed by atoms with Crippen molar-refractivity contribution in [2.24, 2.45) is 11.8 Å². The van der Waals surface area contributed by atoms with Crippen LogP contribution in [0.25, 0.3) is 0 Å². The summed E-state index contributed by atoms with van der Waals surface area (Å²) in [5, 5.41) is 2.70. The third-order valence-corrected chi connectivity index (χ3v) is 7.54. The lowest BCUT2D eigenvalue weighted by molar-refractivity contribution is -0.122. The van der Waals surface area contributed by atoms with Gasteiger partial charge in [-0.05, 0) is 79.1 Å². The summed E-state index contributed by atoms with van der Waals surface area (Å²) < 4.78 is 5.15. The lowest BCUT2D eigenvalue weighted by Crippen LogP contribution is -2.30. The van der Waals surface area contributed by atoms with Crippen molar-refractivity contribution >= 4 is 35.1 Å². The molecule has 3 aromatic carbocycles. The van der Waals surface area contributed by atoms with Gasteiger partial charge in [-0.3, -0.25) is 19.3 Å². The molecule has 7 heteroatoms. The Hall–Kier alpha value is -4.26. The topological polar surface area (TPSA) is 92.8 Å². The molecule has 5 rings (SSSR count). The minimum Gasteiger partial charge on any atom is -0.452 e. The zero-order chi connectivity index (χ0) is 26.6. The molecule has 2 aliphatic rings. The molecule has 0 spiro atoms. The van der Waals surface area contributed by atoms with Crippen LogP contribution >= 0.6 is 0 Å². The van der Waals surface area contributed by atoms with Gasteiger partial charge in [0.1, 0.15) is 0 Å². The summed E-state index contributed by atoms with van der Waals surface area (Å²) in [5.74, 6) is -1.83. The first-order chi connectivity index (χ1) is 18.4. The molecule has 1 aliphatic carbocycles. The minimum atomic E-state index is -0.661. The molecular weight excluding hydrogens is 480 g/mol. The fraction of sp³-hybridized carbons (Fsp3) is 0.290. The van der Waals surface area contributed by atoms with E-state index in [1.807, 2.05) is 37.3 Å². The SMILES string of the molecule is CCc1ccc(NC(=O)COC(=O)c2ccc(N3C(=O)[C@H]4C[C@@H](c5ccccc5)CC[C@H]4C3=O)cc2)cc1. The third-order valence-electron chi connectivity index (χ3n) is 7.54. The lowest BCUT2D eigenvalue weighted by Gasteiger charge is -2.28. The van der Waals surface area contributed by atoms with Crippen LogP contribution in [0.2, 0.25) is 0 Å². The van der Waals surface area contributed by atoms with Gasteiger partial charge in [-0.15, -0.1) is 0 Å². The van der Waals surface area contributed by atoms with Gasteiger partial charge in [0, 0.05) is 5.69 Å². The molecule has 1 heterocycles. The second-order valence-electron chi connectivity index (χ2n) is 9.87. The second-order valence-corrected chi connectivity index (χ2v) is 9.87. The number of anilines is 2. The molecular formula is C31H30N2O5. The zero-order valence-electron chi connectivity index (χ0n) is 21.3. The van der Waals surface area contributed by atoms with Crippen molar-refractivity contribution in [2.45, 2.75) is 38.5 Å². The maximum Gasteiger partial charge on any atom is 0.338 e. The van der Waals surface area contributed by atoms with E-state index >= 15 is 0 Å². The summed E-state index contributed by atoms with van der Waals surface area (Å²) in [7, 11) is 0. The highest BCUT2D eigenvalue weighted by atomic mass is 16.5. The van der Waals surface area contributed by atoms with Gasteiger partial charge in [-0.2, -0.15) is 0 Å². The minimum absolute atomic E-state index is 0.175. The number of hydrogen-bond acceptors (Lipinski definition) is 5. The summed E-state index contributed by atoms with van der Waals surface area (Å²) in [5.41, 5.74) is 3.66. The van der Waals surface area contributed by atoms with Crippen molar-refractivity contribution < 1.29 is 23.9 Å². The maximum atomic E-state index is 13.3. The van der Waals surface area contributed by atoms with Crippen LogP contribution in [0.1, 0.15) is 53.6 Å². The molecule has 3 aromatic rings. The molecule has 3 amide bonds. The van der Waals surface area contributed by atoms with Crippen LogP contribution in [-0.2, 0) is 25.5 Å². The largest absolute Gasteiger partial charge is 0.452 e. The molecule has 0 unspecified atom stereocenters. The predicted molar refractivity (Wildman–Crippen MR) is 144 cm³/mol. The molecule has 3 atom stereocenters. The Morgan fingerprint density at radius 2 is 1.55 bits per heavy atom. The van der Waals surface area contributed by atoms with E-state index in [1.165, 1.54) is 22.6 Å². The first kappa shape index (κ1) is 25.4. The first-order valence-corrected chi connectivity index (χ1v) is 13.0. The van der Waals surface area contributed by atoms with E-state index < -0.39 is 18.5 Å². The quantitative estimate of drug-likeness (QED) is 0.352. The van der Waals surface area contributed by atoms with E-state index in [0.29, 0.717) is 24.2 Å². The Kier molecular flexibility index (Phi) is 7.36. The Labute approximate surface area is 221 Å². The molecule has 1 saturated heterocycles. The summed E-state index contributed by atoms with van der Waals surface area (Å²) in [6.45, 7) is 1.62. The molecule has 38 heavy (non-hydrogen) atoms. The Balaban J connectivity index is 1.18. The number of carbonyl (C=O) groups excluding carboxylic acids is 4. The molecule has 194 valence electrons. The van der Waals surface area contributed by atoms with E-state index in [2.05, 4.69) is 17.4 Å². The number of carbonyl (C=O) groups is 4. The number of rotatable bonds is 7. The van der Waals surface area contributed by atoms with E-state index in [1.54, 1.807) is 24.3 Å². The number of nitrogens with zero attached hydrogens (tertiary/aromatic N) is 1. The summed E-state index contributed by atoms with van der Waals surface area (Å²) >= 11 is 0. The fourth-order valence-corrected chi connectivity index (χ4v) is 5.44. The van der Waals surface area contributed by atoms with Crippen molar-refractivity contribution in [3.63, 3.8) is 0 Å².